The van der Waals surface area contributed by atoms with Gasteiger partial charge in [-0.05, 0) is 37.6 Å². The van der Waals surface area contributed by atoms with E-state index in [0.717, 1.165) is 0 Å². The molecule has 1 aromatic carbocycles. The van der Waals surface area contributed by atoms with E-state index < -0.39 is 35.3 Å². The molecule has 1 saturated heterocycles. The van der Waals surface area contributed by atoms with Crippen LogP contribution < -0.4 is 5.32 Å². The number of amides is 2. The number of carbonyl (C=O) groups excluding carboxylic acids is 2. The summed E-state index contributed by atoms with van der Waals surface area (Å²) in [5, 5.41) is 2.21. The van der Waals surface area contributed by atoms with Crippen molar-refractivity contribution in [1.29, 1.82) is 0 Å². The van der Waals surface area contributed by atoms with Crippen molar-refractivity contribution in [1.82, 2.24) is 4.90 Å². The lowest BCUT2D eigenvalue weighted by Gasteiger charge is -2.18. The van der Waals surface area contributed by atoms with Crippen molar-refractivity contribution in [3.05, 3.63) is 63.7 Å². The Hall–Kier alpha value is -2.18. The molecule has 1 aromatic rings. The van der Waals surface area contributed by atoms with Gasteiger partial charge in [-0.25, -0.2) is 8.78 Å². The van der Waals surface area contributed by atoms with Gasteiger partial charge >= 0.3 is 0 Å². The highest BCUT2D eigenvalue weighted by Gasteiger charge is 2.44. The molecule has 0 aliphatic carbocycles. The molecular formula is C20H20Cl2F2N2O2. The van der Waals surface area contributed by atoms with E-state index in [-0.39, 0.29) is 27.9 Å². The molecule has 2 atom stereocenters. The fourth-order valence-electron chi connectivity index (χ4n) is 2.98. The molecule has 0 aromatic heterocycles. The first-order valence-electron chi connectivity index (χ1n) is 8.43. The van der Waals surface area contributed by atoms with E-state index in [4.69, 9.17) is 23.2 Å². The van der Waals surface area contributed by atoms with Gasteiger partial charge in [0.05, 0.1) is 10.1 Å². The van der Waals surface area contributed by atoms with E-state index in [9.17, 15) is 18.4 Å². The first kappa shape index (κ1) is 22.1. The standard InChI is InChI=1S/C20H20Cl2F2N2O2/c1-10(8-14(22)18(24)12(3)21)13-9-26(4)20(28)17(13)19(27)25-16-7-5-6-15(23)11(16)2/h5-8,13,17H,1,9H2,2-4H3,(H,25,27)/b14-8+,18-12-/t13-,17+/m0/s1. The van der Waals surface area contributed by atoms with Gasteiger partial charge in [-0.1, -0.05) is 35.8 Å². The summed E-state index contributed by atoms with van der Waals surface area (Å²) in [5.41, 5.74) is 0.849. The molecule has 1 fully saturated rings. The summed E-state index contributed by atoms with van der Waals surface area (Å²) in [6, 6.07) is 4.28. The summed E-state index contributed by atoms with van der Waals surface area (Å²) in [5.74, 6) is -4.00. The van der Waals surface area contributed by atoms with Crippen LogP contribution >= 0.6 is 23.2 Å². The van der Waals surface area contributed by atoms with Crippen LogP contribution in [0.3, 0.4) is 0 Å². The molecule has 1 aliphatic heterocycles. The number of hydrogen-bond acceptors (Lipinski definition) is 2. The Morgan fingerprint density at radius 3 is 2.64 bits per heavy atom. The normalized spacial score (nSPS) is 20.9. The van der Waals surface area contributed by atoms with Gasteiger partial charge in [0.25, 0.3) is 0 Å². The molecule has 0 bridgehead atoms. The van der Waals surface area contributed by atoms with Crippen molar-refractivity contribution >= 4 is 40.7 Å². The minimum atomic E-state index is -1.09. The second-order valence-corrected chi connectivity index (χ2v) is 7.59. The van der Waals surface area contributed by atoms with Crippen LogP contribution in [0.2, 0.25) is 0 Å². The lowest BCUT2D eigenvalue weighted by atomic mass is 9.88. The molecule has 0 spiro atoms. The zero-order chi connectivity index (χ0) is 21.2. The number of anilines is 1. The Kier molecular flexibility index (Phi) is 7.01. The first-order chi connectivity index (χ1) is 13.0. The topological polar surface area (TPSA) is 49.4 Å². The Bertz CT molecular complexity index is 892. The third-order valence-electron chi connectivity index (χ3n) is 4.62. The predicted octanol–water partition coefficient (Wildman–Crippen LogP) is 4.90. The van der Waals surface area contributed by atoms with Gasteiger partial charge < -0.3 is 10.2 Å². The fourth-order valence-corrected chi connectivity index (χ4v) is 3.41. The summed E-state index contributed by atoms with van der Waals surface area (Å²) in [6.07, 6.45) is 1.26. The van der Waals surface area contributed by atoms with E-state index in [2.05, 4.69) is 11.9 Å². The summed E-state index contributed by atoms with van der Waals surface area (Å²) in [6.45, 7) is 6.93. The van der Waals surface area contributed by atoms with Crippen molar-refractivity contribution in [2.24, 2.45) is 11.8 Å². The van der Waals surface area contributed by atoms with Gasteiger partial charge in [-0.15, -0.1) is 0 Å². The van der Waals surface area contributed by atoms with E-state index >= 15 is 0 Å². The van der Waals surface area contributed by atoms with Crippen molar-refractivity contribution in [3.63, 3.8) is 0 Å². The zero-order valence-corrected chi connectivity index (χ0v) is 17.2. The van der Waals surface area contributed by atoms with Crippen LogP contribution in [-0.2, 0) is 9.59 Å². The Morgan fingerprint density at radius 2 is 2.04 bits per heavy atom. The molecule has 2 rings (SSSR count). The lowest BCUT2D eigenvalue weighted by molar-refractivity contribution is -0.135. The second kappa shape index (κ2) is 8.88. The van der Waals surface area contributed by atoms with E-state index in [1.807, 2.05) is 0 Å². The Labute approximate surface area is 172 Å². The summed E-state index contributed by atoms with van der Waals surface area (Å²) in [7, 11) is 1.55. The van der Waals surface area contributed by atoms with Crippen LogP contribution in [0, 0.1) is 24.6 Å². The third kappa shape index (κ3) is 4.62. The molecule has 1 aliphatic rings. The van der Waals surface area contributed by atoms with Gasteiger partial charge in [-0.2, -0.15) is 0 Å². The zero-order valence-electron chi connectivity index (χ0n) is 15.7. The highest BCUT2D eigenvalue weighted by Crippen LogP contribution is 2.34. The van der Waals surface area contributed by atoms with Crippen LogP contribution in [0.25, 0.3) is 0 Å². The maximum atomic E-state index is 13.9. The number of likely N-dealkylation sites (tertiary alicyclic amines) is 1. The summed E-state index contributed by atoms with van der Waals surface area (Å²) < 4.78 is 27.6. The lowest BCUT2D eigenvalue weighted by Crippen LogP contribution is -2.33. The Balaban J connectivity index is 2.30. The number of halogens is 4. The summed E-state index contributed by atoms with van der Waals surface area (Å²) in [4.78, 5) is 26.7. The fraction of sp³-hybridized carbons (Fsp3) is 0.300. The van der Waals surface area contributed by atoms with Crippen molar-refractivity contribution < 1.29 is 18.4 Å². The number of hydrogen-bond donors (Lipinski definition) is 1. The minimum Gasteiger partial charge on any atom is -0.344 e. The minimum absolute atomic E-state index is 0.121. The molecule has 4 nitrogen and oxygen atoms in total. The van der Waals surface area contributed by atoms with Crippen LogP contribution in [0.15, 0.2) is 52.3 Å². The largest absolute Gasteiger partial charge is 0.344 e. The third-order valence-corrected chi connectivity index (χ3v) is 5.06. The number of rotatable bonds is 5. The molecule has 0 unspecified atom stereocenters. The van der Waals surface area contributed by atoms with Crippen molar-refractivity contribution in [2.45, 2.75) is 13.8 Å². The number of benzene rings is 1. The average Bonchev–Trinajstić information content (AvgIpc) is 2.93. The molecule has 1 heterocycles. The van der Waals surface area contributed by atoms with Crippen LogP contribution in [0.1, 0.15) is 12.5 Å². The quantitative estimate of drug-likeness (QED) is 0.535. The number of carbonyl (C=O) groups is 2. The monoisotopic (exact) mass is 428 g/mol. The SMILES string of the molecule is C=C(/C=C(Cl)\C(F)=C(/C)Cl)[C@@H]1CN(C)C(=O)[C@H]1C(=O)Nc1cccc(F)c1C. The van der Waals surface area contributed by atoms with E-state index in [1.165, 1.54) is 37.0 Å². The van der Waals surface area contributed by atoms with Crippen molar-refractivity contribution in [2.75, 3.05) is 18.9 Å². The molecule has 1 N–H and O–H groups in total. The molecule has 8 heteroatoms. The predicted molar refractivity (Wildman–Crippen MR) is 107 cm³/mol. The van der Waals surface area contributed by atoms with Gasteiger partial charge in [0.2, 0.25) is 11.8 Å². The molecule has 2 amide bonds. The second-order valence-electron chi connectivity index (χ2n) is 6.62. The van der Waals surface area contributed by atoms with Gasteiger partial charge in [0, 0.05) is 30.8 Å². The highest BCUT2D eigenvalue weighted by atomic mass is 35.5. The molecule has 0 radical (unpaired) electrons. The van der Waals surface area contributed by atoms with E-state index in [1.54, 1.807) is 13.1 Å². The number of nitrogens with one attached hydrogen (secondary N) is 1. The maximum Gasteiger partial charge on any atom is 0.237 e. The van der Waals surface area contributed by atoms with E-state index in [0.29, 0.717) is 5.57 Å². The van der Waals surface area contributed by atoms with Gasteiger partial charge in [-0.3, -0.25) is 9.59 Å². The highest BCUT2D eigenvalue weighted by molar-refractivity contribution is 6.35. The summed E-state index contributed by atoms with van der Waals surface area (Å²) >= 11 is 11.5. The number of nitrogens with zero attached hydrogens (tertiary/aromatic N) is 1. The molecule has 0 saturated carbocycles. The first-order valence-corrected chi connectivity index (χ1v) is 9.19. The maximum absolute atomic E-state index is 13.9. The van der Waals surface area contributed by atoms with Crippen molar-refractivity contribution in [3.8, 4) is 0 Å². The van der Waals surface area contributed by atoms with Crippen LogP contribution in [0.4, 0.5) is 14.5 Å². The smallest absolute Gasteiger partial charge is 0.237 e. The molecule has 28 heavy (non-hydrogen) atoms. The van der Waals surface area contributed by atoms with Crippen LogP contribution in [-0.4, -0.2) is 30.3 Å². The molecule has 150 valence electrons. The Morgan fingerprint density at radius 1 is 1.39 bits per heavy atom. The number of allylic oxidation sites excluding steroid dienone is 4. The van der Waals surface area contributed by atoms with Gasteiger partial charge in [0.15, 0.2) is 5.83 Å². The van der Waals surface area contributed by atoms with Crippen LogP contribution in [0.5, 0.6) is 0 Å². The molecular weight excluding hydrogens is 409 g/mol. The van der Waals surface area contributed by atoms with Gasteiger partial charge in [0.1, 0.15) is 11.7 Å². The average molecular weight is 429 g/mol.